The highest BCUT2D eigenvalue weighted by Crippen LogP contribution is 2.39. The Bertz CT molecular complexity index is 1270. The molecule has 1 aromatic heterocycles. The van der Waals surface area contributed by atoms with Gasteiger partial charge in [-0.25, -0.2) is 9.97 Å². The van der Waals surface area contributed by atoms with Gasteiger partial charge in [-0.3, -0.25) is 4.79 Å². The molecule has 0 aliphatic heterocycles. The van der Waals surface area contributed by atoms with Crippen molar-refractivity contribution >= 4 is 35.1 Å². The number of primary amides is 1. The molecule has 0 aliphatic rings. The third-order valence-corrected chi connectivity index (χ3v) is 6.80. The lowest BCUT2D eigenvalue weighted by atomic mass is 9.97. The summed E-state index contributed by atoms with van der Waals surface area (Å²) in [6.45, 7) is 7.87. The first-order valence-electron chi connectivity index (χ1n) is 9.81. The van der Waals surface area contributed by atoms with Crippen LogP contribution in [0.1, 0.15) is 45.8 Å². The molecule has 3 rings (SSSR count). The van der Waals surface area contributed by atoms with E-state index in [1.165, 1.54) is 32.4 Å². The summed E-state index contributed by atoms with van der Waals surface area (Å²) in [5, 5.41) is 3.96. The molecule has 1 unspecified atom stereocenters. The summed E-state index contributed by atoms with van der Waals surface area (Å²) in [4.78, 5) is 20.7. The van der Waals surface area contributed by atoms with Crippen LogP contribution in [0.2, 0.25) is 0 Å². The van der Waals surface area contributed by atoms with Crippen LogP contribution in [0.15, 0.2) is 30.3 Å². The van der Waals surface area contributed by atoms with Gasteiger partial charge >= 0.3 is 6.18 Å². The van der Waals surface area contributed by atoms with Gasteiger partial charge in [-0.05, 0) is 63.4 Å². The Balaban J connectivity index is 2.16. The fraction of sp³-hybridized carbons (Fsp3) is 0.318. The molecule has 3 aromatic rings. The van der Waals surface area contributed by atoms with Crippen molar-refractivity contribution in [1.82, 2.24) is 9.97 Å². The number of nitrogens with zero attached hydrogens (tertiary/aromatic N) is 2. The molecule has 0 aliphatic carbocycles. The van der Waals surface area contributed by atoms with Gasteiger partial charge in [0.1, 0.15) is 18.8 Å². The molecular weight excluding hydrogens is 440 g/mol. The van der Waals surface area contributed by atoms with Crippen molar-refractivity contribution in [1.29, 1.82) is 0 Å². The minimum atomic E-state index is -4.46. The lowest BCUT2D eigenvalue weighted by molar-refractivity contribution is -0.138. The summed E-state index contributed by atoms with van der Waals surface area (Å²) in [6.07, 6.45) is -4.46. The van der Waals surface area contributed by atoms with Gasteiger partial charge in [0.2, 0.25) is 5.91 Å². The van der Waals surface area contributed by atoms with Gasteiger partial charge in [-0.1, -0.05) is 12.1 Å². The number of carbonyl (C=O) groups excluding carboxylic acids is 1. The van der Waals surface area contributed by atoms with Crippen LogP contribution < -0.4 is 16.4 Å². The quantitative estimate of drug-likeness (QED) is 0.530. The number of hydrogen-bond acceptors (Lipinski definition) is 5. The van der Waals surface area contributed by atoms with Crippen molar-refractivity contribution in [2.24, 2.45) is 5.73 Å². The van der Waals surface area contributed by atoms with E-state index in [4.69, 9.17) is 5.73 Å². The molecule has 0 spiro atoms. The van der Waals surface area contributed by atoms with Crippen LogP contribution in [-0.4, -0.2) is 29.2 Å². The first-order chi connectivity index (χ1) is 14.7. The van der Waals surface area contributed by atoms with E-state index in [1.807, 2.05) is 0 Å². The SMILES string of the molecule is Cc1nc(NC(C)c2cccc(C(F)(F)F)c2C)c2cc(P(C)(C)=O)c(C(N)=O)cc2n1. The fourth-order valence-corrected chi connectivity index (χ4v) is 4.94. The molecule has 6 nitrogen and oxygen atoms in total. The molecule has 170 valence electrons. The van der Waals surface area contributed by atoms with E-state index in [2.05, 4.69) is 15.3 Å². The predicted octanol–water partition coefficient (Wildman–Crippen LogP) is 4.79. The number of amides is 1. The first kappa shape index (κ1) is 23.7. The highest BCUT2D eigenvalue weighted by atomic mass is 31.2. The maximum absolute atomic E-state index is 13.3. The molecule has 1 heterocycles. The standard InChI is InChI=1S/C22H24F3N4O2P/c1-11-14(7-6-8-17(11)22(23,24)25)12(2)27-21-15-10-19(32(4,5)31)16(20(26)30)9-18(15)28-13(3)29-21/h6-10,12H,1-5H3,(H2,26,30)(H,27,28,29). The fourth-order valence-electron chi connectivity index (χ4n) is 3.75. The first-order valence-corrected chi connectivity index (χ1v) is 12.4. The number of nitrogens with two attached hydrogens (primary N) is 1. The number of carbonyl (C=O) groups is 1. The highest BCUT2D eigenvalue weighted by molar-refractivity contribution is 7.70. The second kappa shape index (κ2) is 8.20. The number of nitrogens with one attached hydrogen (secondary N) is 1. The van der Waals surface area contributed by atoms with Crippen LogP contribution in [0.25, 0.3) is 10.9 Å². The summed E-state index contributed by atoms with van der Waals surface area (Å²) < 4.78 is 52.8. The second-order valence-corrected chi connectivity index (χ2v) is 11.3. The zero-order chi connectivity index (χ0) is 24.0. The third-order valence-electron chi connectivity index (χ3n) is 5.27. The average Bonchev–Trinajstić information content (AvgIpc) is 2.65. The lowest BCUT2D eigenvalue weighted by Gasteiger charge is -2.21. The number of aromatic nitrogens is 2. The Kier molecular flexibility index (Phi) is 6.08. The van der Waals surface area contributed by atoms with E-state index in [0.717, 1.165) is 6.07 Å². The Labute approximate surface area is 183 Å². The predicted molar refractivity (Wildman–Crippen MR) is 120 cm³/mol. The largest absolute Gasteiger partial charge is 0.416 e. The molecule has 32 heavy (non-hydrogen) atoms. The summed E-state index contributed by atoms with van der Waals surface area (Å²) >= 11 is 0. The van der Waals surface area contributed by atoms with E-state index in [-0.39, 0.29) is 11.1 Å². The third kappa shape index (κ3) is 4.63. The van der Waals surface area contributed by atoms with Crippen molar-refractivity contribution in [2.75, 3.05) is 18.6 Å². The summed E-state index contributed by atoms with van der Waals surface area (Å²) in [5.41, 5.74) is 5.92. The monoisotopic (exact) mass is 464 g/mol. The van der Waals surface area contributed by atoms with E-state index < -0.39 is 30.8 Å². The number of anilines is 1. The molecule has 10 heteroatoms. The molecule has 1 amide bonds. The van der Waals surface area contributed by atoms with Gasteiger partial charge in [0.05, 0.1) is 22.7 Å². The maximum Gasteiger partial charge on any atom is 0.416 e. The zero-order valence-corrected chi connectivity index (χ0v) is 19.2. The van der Waals surface area contributed by atoms with Gasteiger partial charge in [-0.15, -0.1) is 0 Å². The smallest absolute Gasteiger partial charge is 0.366 e. The average molecular weight is 464 g/mol. The molecule has 0 saturated carbocycles. The second-order valence-electron chi connectivity index (χ2n) is 8.10. The molecule has 3 N–H and O–H groups in total. The van der Waals surface area contributed by atoms with Crippen molar-refractivity contribution in [2.45, 2.75) is 33.0 Å². The topological polar surface area (TPSA) is 98.0 Å². The number of hydrogen-bond donors (Lipinski definition) is 2. The molecule has 1 atom stereocenters. The zero-order valence-electron chi connectivity index (χ0n) is 18.3. The summed E-state index contributed by atoms with van der Waals surface area (Å²) in [7, 11) is -2.88. The number of aryl methyl sites for hydroxylation is 1. The summed E-state index contributed by atoms with van der Waals surface area (Å²) in [5.74, 6) is 0.0411. The van der Waals surface area contributed by atoms with Crippen LogP contribution in [-0.2, 0) is 10.7 Å². The van der Waals surface area contributed by atoms with Gasteiger partial charge in [-0.2, -0.15) is 13.2 Å². The van der Waals surface area contributed by atoms with Crippen molar-refractivity contribution < 1.29 is 22.5 Å². The van der Waals surface area contributed by atoms with Crippen LogP contribution in [0, 0.1) is 13.8 Å². The van der Waals surface area contributed by atoms with E-state index in [1.54, 1.807) is 26.0 Å². The highest BCUT2D eigenvalue weighted by Gasteiger charge is 2.33. The molecular formula is C22H24F3N4O2P. The Hall–Kier alpha value is -2.93. The number of fused-ring (bicyclic) bond motifs is 1. The molecule has 0 saturated heterocycles. The Morgan fingerprint density at radius 2 is 1.81 bits per heavy atom. The lowest BCUT2D eigenvalue weighted by Crippen LogP contribution is -2.22. The van der Waals surface area contributed by atoms with E-state index >= 15 is 0 Å². The number of rotatable bonds is 5. The van der Waals surface area contributed by atoms with Crippen molar-refractivity contribution in [3.63, 3.8) is 0 Å². The van der Waals surface area contributed by atoms with Crippen LogP contribution in [0.4, 0.5) is 19.0 Å². The van der Waals surface area contributed by atoms with Gasteiger partial charge < -0.3 is 15.6 Å². The number of benzene rings is 2. The minimum Gasteiger partial charge on any atom is -0.366 e. The van der Waals surface area contributed by atoms with E-state index in [0.29, 0.717) is 33.4 Å². The number of alkyl halides is 3. The number of halogens is 3. The minimum absolute atomic E-state index is 0.122. The molecule has 2 aromatic carbocycles. The Morgan fingerprint density at radius 3 is 2.38 bits per heavy atom. The van der Waals surface area contributed by atoms with Gasteiger partial charge in [0.15, 0.2) is 0 Å². The maximum atomic E-state index is 13.3. The van der Waals surface area contributed by atoms with Gasteiger partial charge in [0.25, 0.3) is 0 Å². The normalized spacial score (nSPS) is 13.2. The van der Waals surface area contributed by atoms with Crippen LogP contribution in [0.3, 0.4) is 0 Å². The van der Waals surface area contributed by atoms with Crippen LogP contribution in [0.5, 0.6) is 0 Å². The summed E-state index contributed by atoms with van der Waals surface area (Å²) in [6, 6.07) is 6.57. The van der Waals surface area contributed by atoms with E-state index in [9.17, 15) is 22.5 Å². The Morgan fingerprint density at radius 1 is 1.16 bits per heavy atom. The van der Waals surface area contributed by atoms with Crippen LogP contribution >= 0.6 is 7.14 Å². The van der Waals surface area contributed by atoms with Crippen molar-refractivity contribution in [3.05, 3.63) is 58.4 Å². The molecule has 0 radical (unpaired) electrons. The van der Waals surface area contributed by atoms with Gasteiger partial charge in [0, 0.05) is 10.7 Å². The van der Waals surface area contributed by atoms with Crippen molar-refractivity contribution in [3.8, 4) is 0 Å². The molecule has 0 fully saturated rings. The molecule has 0 bridgehead atoms.